The average molecular weight is 710 g/mol. The van der Waals surface area contributed by atoms with E-state index < -0.39 is 0 Å². The second-order valence-electron chi connectivity index (χ2n) is 16.0. The number of unbranched alkanes of at least 4 members (excludes halogenated alkanes) is 18. The maximum atomic E-state index is 2.92. The summed E-state index contributed by atoms with van der Waals surface area (Å²) in [6.07, 6.45) is 56.9. The Bertz CT molecular complexity index is 772. The van der Waals surface area contributed by atoms with Crippen molar-refractivity contribution < 1.29 is 0 Å². The van der Waals surface area contributed by atoms with Crippen LogP contribution in [0.2, 0.25) is 0 Å². The lowest BCUT2D eigenvalue weighted by Gasteiger charge is -2.41. The molecule has 1 heterocycles. The van der Waals surface area contributed by atoms with Crippen molar-refractivity contribution in [3.8, 4) is 0 Å². The van der Waals surface area contributed by atoms with E-state index in [0.717, 1.165) is 31.5 Å². The number of allylic oxidation sites excluding steroid dienone is 8. The minimum atomic E-state index is 0.774. The van der Waals surface area contributed by atoms with Crippen LogP contribution in [-0.4, -0.2) is 73.6 Å². The highest BCUT2D eigenvalue weighted by atomic mass is 15.2. The van der Waals surface area contributed by atoms with Crippen LogP contribution in [0.15, 0.2) is 48.6 Å². The van der Waals surface area contributed by atoms with Gasteiger partial charge in [-0.3, -0.25) is 0 Å². The molecule has 0 saturated carbocycles. The molecule has 1 aliphatic rings. The summed E-state index contributed by atoms with van der Waals surface area (Å²) in [5, 5.41) is 0. The van der Waals surface area contributed by atoms with Crippen LogP contribution in [0.25, 0.3) is 0 Å². The maximum absolute atomic E-state index is 2.92. The van der Waals surface area contributed by atoms with E-state index in [1.54, 1.807) is 0 Å². The molecule has 0 radical (unpaired) electrons. The minimum Gasteiger partial charge on any atom is -0.305 e. The molecular formula is C48H91N3. The highest BCUT2D eigenvalue weighted by Crippen LogP contribution is 2.24. The van der Waals surface area contributed by atoms with E-state index >= 15 is 0 Å². The van der Waals surface area contributed by atoms with Gasteiger partial charge in [0, 0.05) is 25.2 Å². The summed E-state index contributed by atoms with van der Waals surface area (Å²) in [4.78, 5) is 8.02. The lowest BCUT2D eigenvalue weighted by molar-refractivity contribution is 0.0836. The fourth-order valence-electron chi connectivity index (χ4n) is 7.61. The highest BCUT2D eigenvalue weighted by molar-refractivity contribution is 4.93. The highest BCUT2D eigenvalue weighted by Gasteiger charge is 2.26. The van der Waals surface area contributed by atoms with Crippen LogP contribution in [0, 0.1) is 0 Å². The summed E-state index contributed by atoms with van der Waals surface area (Å²) in [5.74, 6) is 0. The topological polar surface area (TPSA) is 9.72 Å². The Morgan fingerprint density at radius 2 is 0.882 bits per heavy atom. The number of hydrogen-bond donors (Lipinski definition) is 0. The van der Waals surface area contributed by atoms with Gasteiger partial charge in [0.2, 0.25) is 0 Å². The molecule has 0 atom stereocenters. The van der Waals surface area contributed by atoms with Gasteiger partial charge in [-0.25, -0.2) is 0 Å². The van der Waals surface area contributed by atoms with Gasteiger partial charge in [0.05, 0.1) is 0 Å². The molecule has 0 aromatic heterocycles. The van der Waals surface area contributed by atoms with E-state index in [0.29, 0.717) is 0 Å². The number of rotatable bonds is 36. The maximum Gasteiger partial charge on any atom is 0.0117 e. The van der Waals surface area contributed by atoms with Crippen LogP contribution >= 0.6 is 0 Å². The summed E-state index contributed by atoms with van der Waals surface area (Å²) < 4.78 is 0. The third kappa shape index (κ3) is 29.9. The number of hydrogen-bond acceptors (Lipinski definition) is 3. The SMILES string of the molecule is CCCCC/C=C\C/C=C\CCCCCCCCC(CCCCCCCC/C=C\C/C=C\CCCCC)N1CCC(N(C)CCN(C)CC)CC1. The Hall–Kier alpha value is -1.16. The lowest BCUT2D eigenvalue weighted by atomic mass is 9.95. The van der Waals surface area contributed by atoms with Crippen LogP contribution < -0.4 is 0 Å². The third-order valence-corrected chi connectivity index (χ3v) is 11.5. The molecular weight excluding hydrogens is 619 g/mol. The standard InChI is InChI=1S/C48H91N3/c1-6-9-11-13-15-17-19-21-23-25-27-29-31-33-35-37-39-48(51-43-41-47(42-44-51)50(5)46-45-49(4)8-3)40-38-36-34-32-30-28-26-24-22-20-18-16-14-12-10-7-2/h15-18,21-24,47-48H,6-14,19-20,25-46H2,1-5H3/b17-15-,18-16-,23-21-,24-22-. The zero-order valence-corrected chi connectivity index (χ0v) is 35.4. The fourth-order valence-corrected chi connectivity index (χ4v) is 7.61. The zero-order chi connectivity index (χ0) is 36.9. The first-order valence-electron chi connectivity index (χ1n) is 22.8. The van der Waals surface area contributed by atoms with Gasteiger partial charge in [-0.2, -0.15) is 0 Å². The number of piperidine rings is 1. The Morgan fingerprint density at radius 3 is 1.29 bits per heavy atom. The van der Waals surface area contributed by atoms with Crippen molar-refractivity contribution >= 4 is 0 Å². The molecule has 0 N–H and O–H groups in total. The summed E-state index contributed by atoms with van der Waals surface area (Å²) in [6, 6.07) is 1.59. The predicted molar refractivity (Wildman–Crippen MR) is 232 cm³/mol. The molecule has 1 aliphatic heterocycles. The van der Waals surface area contributed by atoms with E-state index in [9.17, 15) is 0 Å². The molecule has 298 valence electrons. The van der Waals surface area contributed by atoms with Gasteiger partial charge < -0.3 is 14.7 Å². The smallest absolute Gasteiger partial charge is 0.0117 e. The van der Waals surface area contributed by atoms with Crippen LogP contribution in [-0.2, 0) is 0 Å². The molecule has 0 unspecified atom stereocenters. The molecule has 0 amide bonds. The molecule has 0 bridgehead atoms. The fraction of sp³-hybridized carbons (Fsp3) is 0.833. The normalized spacial score (nSPS) is 15.2. The van der Waals surface area contributed by atoms with Gasteiger partial charge in [0.15, 0.2) is 0 Å². The summed E-state index contributed by atoms with van der Waals surface area (Å²) in [7, 11) is 4.62. The number of likely N-dealkylation sites (tertiary alicyclic amines) is 1. The predicted octanol–water partition coefficient (Wildman–Crippen LogP) is 14.1. The number of likely N-dealkylation sites (N-methyl/N-ethyl adjacent to an activating group) is 2. The zero-order valence-electron chi connectivity index (χ0n) is 35.4. The van der Waals surface area contributed by atoms with Crippen LogP contribution in [0.5, 0.6) is 0 Å². The first-order valence-corrected chi connectivity index (χ1v) is 22.8. The molecule has 51 heavy (non-hydrogen) atoms. The Kier molecular flexibility index (Phi) is 34.9. The van der Waals surface area contributed by atoms with E-state index in [-0.39, 0.29) is 0 Å². The van der Waals surface area contributed by atoms with Crippen molar-refractivity contribution in [3.63, 3.8) is 0 Å². The molecule has 3 heteroatoms. The molecule has 1 rings (SSSR count). The van der Waals surface area contributed by atoms with Gasteiger partial charge in [-0.1, -0.05) is 159 Å². The second kappa shape index (κ2) is 37.2. The van der Waals surface area contributed by atoms with Gasteiger partial charge in [0.1, 0.15) is 0 Å². The van der Waals surface area contributed by atoms with Crippen molar-refractivity contribution in [2.24, 2.45) is 0 Å². The molecule has 0 aliphatic carbocycles. The molecule has 3 nitrogen and oxygen atoms in total. The summed E-state index contributed by atoms with van der Waals surface area (Å²) in [5.41, 5.74) is 0. The monoisotopic (exact) mass is 710 g/mol. The van der Waals surface area contributed by atoms with Crippen molar-refractivity contribution in [2.45, 2.75) is 213 Å². The first-order chi connectivity index (χ1) is 25.1. The summed E-state index contributed by atoms with van der Waals surface area (Å²) in [6.45, 7) is 13.0. The molecule has 1 saturated heterocycles. The third-order valence-electron chi connectivity index (χ3n) is 11.5. The number of nitrogens with zero attached hydrogens (tertiary/aromatic N) is 3. The van der Waals surface area contributed by atoms with Crippen molar-refractivity contribution in [1.29, 1.82) is 0 Å². The Morgan fingerprint density at radius 1 is 0.490 bits per heavy atom. The van der Waals surface area contributed by atoms with Gasteiger partial charge in [-0.15, -0.1) is 0 Å². The summed E-state index contributed by atoms with van der Waals surface area (Å²) >= 11 is 0. The van der Waals surface area contributed by atoms with E-state index in [4.69, 9.17) is 0 Å². The van der Waals surface area contributed by atoms with Crippen LogP contribution in [0.1, 0.15) is 201 Å². The van der Waals surface area contributed by atoms with E-state index in [1.807, 2.05) is 0 Å². The lowest BCUT2D eigenvalue weighted by Crippen LogP contribution is -2.48. The van der Waals surface area contributed by atoms with Gasteiger partial charge in [-0.05, 0) is 124 Å². The molecule has 1 fully saturated rings. The van der Waals surface area contributed by atoms with Crippen molar-refractivity contribution in [1.82, 2.24) is 14.7 Å². The molecule has 0 aromatic rings. The Labute approximate surface area is 321 Å². The van der Waals surface area contributed by atoms with E-state index in [1.165, 1.54) is 193 Å². The van der Waals surface area contributed by atoms with Gasteiger partial charge in [0.25, 0.3) is 0 Å². The largest absolute Gasteiger partial charge is 0.305 e. The average Bonchev–Trinajstić information content (AvgIpc) is 3.15. The molecule has 0 aromatic carbocycles. The second-order valence-corrected chi connectivity index (χ2v) is 16.0. The van der Waals surface area contributed by atoms with E-state index in [2.05, 4.69) is 98.2 Å². The quantitative estimate of drug-likeness (QED) is 0.0474. The first kappa shape index (κ1) is 47.9. The van der Waals surface area contributed by atoms with Crippen LogP contribution in [0.3, 0.4) is 0 Å². The molecule has 0 spiro atoms. The minimum absolute atomic E-state index is 0.774. The van der Waals surface area contributed by atoms with Crippen molar-refractivity contribution in [3.05, 3.63) is 48.6 Å². The Balaban J connectivity index is 2.28. The van der Waals surface area contributed by atoms with Gasteiger partial charge >= 0.3 is 0 Å². The van der Waals surface area contributed by atoms with Crippen molar-refractivity contribution in [2.75, 3.05) is 46.8 Å². The van der Waals surface area contributed by atoms with Crippen LogP contribution in [0.4, 0.5) is 0 Å².